The number of aromatic nitrogens is 1. The predicted octanol–water partition coefficient (Wildman–Crippen LogP) is -0.291. The van der Waals surface area contributed by atoms with Crippen LogP contribution in [0.25, 0.3) is 0 Å². The SMILES string of the molecule is CN1CCNC(C2Oc3cccnc3N(C)C2=O)C1. The average molecular weight is 262 g/mol. The van der Waals surface area contributed by atoms with E-state index in [4.69, 9.17) is 4.74 Å². The Kier molecular flexibility index (Phi) is 3.12. The molecule has 2 aliphatic heterocycles. The number of likely N-dealkylation sites (N-methyl/N-ethyl adjacent to an activating group) is 2. The van der Waals surface area contributed by atoms with Gasteiger partial charge in [0.1, 0.15) is 0 Å². The summed E-state index contributed by atoms with van der Waals surface area (Å²) in [6.45, 7) is 2.67. The van der Waals surface area contributed by atoms with Gasteiger partial charge in [0.15, 0.2) is 17.7 Å². The minimum Gasteiger partial charge on any atom is -0.475 e. The maximum Gasteiger partial charge on any atom is 0.270 e. The van der Waals surface area contributed by atoms with Crippen molar-refractivity contribution in [2.75, 3.05) is 38.6 Å². The molecule has 3 heterocycles. The lowest BCUT2D eigenvalue weighted by molar-refractivity contribution is -0.128. The Hall–Kier alpha value is -1.66. The molecule has 0 aromatic carbocycles. The van der Waals surface area contributed by atoms with Gasteiger partial charge in [-0.3, -0.25) is 9.69 Å². The van der Waals surface area contributed by atoms with Crippen molar-refractivity contribution >= 4 is 11.7 Å². The van der Waals surface area contributed by atoms with Crippen LogP contribution in [0.4, 0.5) is 5.82 Å². The fourth-order valence-electron chi connectivity index (χ4n) is 2.60. The number of ether oxygens (including phenoxy) is 1. The van der Waals surface area contributed by atoms with Gasteiger partial charge in [-0.25, -0.2) is 4.98 Å². The van der Waals surface area contributed by atoms with Crippen LogP contribution in [-0.2, 0) is 4.79 Å². The molecule has 2 aliphatic rings. The standard InChI is InChI=1S/C13H18N4O2/c1-16-7-6-14-9(8-16)11-13(18)17(2)12-10(19-11)4-3-5-15-12/h3-5,9,11,14H,6-8H2,1-2H3. The van der Waals surface area contributed by atoms with E-state index in [0.29, 0.717) is 11.6 Å². The van der Waals surface area contributed by atoms with Crippen molar-refractivity contribution in [2.24, 2.45) is 0 Å². The van der Waals surface area contributed by atoms with Crippen molar-refractivity contribution in [3.8, 4) is 5.75 Å². The molecular weight excluding hydrogens is 244 g/mol. The van der Waals surface area contributed by atoms with Crippen LogP contribution in [0.1, 0.15) is 0 Å². The fraction of sp³-hybridized carbons (Fsp3) is 0.538. The van der Waals surface area contributed by atoms with Crippen molar-refractivity contribution in [3.05, 3.63) is 18.3 Å². The summed E-state index contributed by atoms with van der Waals surface area (Å²) in [5.74, 6) is 1.22. The number of carbonyl (C=O) groups excluding carboxylic acids is 1. The molecule has 0 radical (unpaired) electrons. The van der Waals surface area contributed by atoms with Crippen molar-refractivity contribution in [3.63, 3.8) is 0 Å². The first-order chi connectivity index (χ1) is 9.16. The number of hydrogen-bond donors (Lipinski definition) is 1. The van der Waals surface area contributed by atoms with E-state index in [1.165, 1.54) is 0 Å². The van der Waals surface area contributed by atoms with Gasteiger partial charge in [-0.1, -0.05) is 0 Å². The maximum absolute atomic E-state index is 12.4. The van der Waals surface area contributed by atoms with Gasteiger partial charge in [0.05, 0.1) is 6.04 Å². The monoisotopic (exact) mass is 262 g/mol. The summed E-state index contributed by atoms with van der Waals surface area (Å²) in [5, 5.41) is 3.37. The lowest BCUT2D eigenvalue weighted by atomic mass is 10.1. The Bertz CT molecular complexity index is 493. The molecule has 1 amide bonds. The molecule has 1 fully saturated rings. The predicted molar refractivity (Wildman–Crippen MR) is 71.4 cm³/mol. The fourth-order valence-corrected chi connectivity index (χ4v) is 2.60. The van der Waals surface area contributed by atoms with Crippen molar-refractivity contribution in [2.45, 2.75) is 12.1 Å². The minimum atomic E-state index is -0.482. The smallest absolute Gasteiger partial charge is 0.270 e. The normalized spacial score (nSPS) is 27.9. The molecule has 6 nitrogen and oxygen atoms in total. The second-order valence-electron chi connectivity index (χ2n) is 5.08. The Morgan fingerprint density at radius 1 is 1.47 bits per heavy atom. The van der Waals surface area contributed by atoms with Crippen LogP contribution in [-0.4, -0.2) is 61.7 Å². The number of carbonyl (C=O) groups is 1. The van der Waals surface area contributed by atoms with Gasteiger partial charge in [-0.05, 0) is 19.2 Å². The van der Waals surface area contributed by atoms with Gasteiger partial charge >= 0.3 is 0 Å². The first-order valence-corrected chi connectivity index (χ1v) is 6.48. The number of amides is 1. The summed E-state index contributed by atoms with van der Waals surface area (Å²) in [4.78, 5) is 20.4. The summed E-state index contributed by atoms with van der Waals surface area (Å²) in [5.41, 5.74) is 0. The Labute approximate surface area is 112 Å². The Morgan fingerprint density at radius 3 is 3.11 bits per heavy atom. The van der Waals surface area contributed by atoms with Crippen LogP contribution in [0, 0.1) is 0 Å². The highest BCUT2D eigenvalue weighted by molar-refractivity contribution is 5.99. The van der Waals surface area contributed by atoms with Crippen molar-refractivity contribution in [1.29, 1.82) is 0 Å². The third-order valence-corrected chi connectivity index (χ3v) is 3.67. The average Bonchev–Trinajstić information content (AvgIpc) is 2.43. The molecule has 1 saturated heterocycles. The van der Waals surface area contributed by atoms with Gasteiger partial charge in [0.25, 0.3) is 5.91 Å². The van der Waals surface area contributed by atoms with E-state index in [9.17, 15) is 4.79 Å². The molecule has 1 N–H and O–H groups in total. The van der Waals surface area contributed by atoms with Crippen molar-refractivity contribution < 1.29 is 9.53 Å². The lowest BCUT2D eigenvalue weighted by Crippen LogP contribution is -2.61. The number of rotatable bonds is 1. The summed E-state index contributed by atoms with van der Waals surface area (Å²) in [6, 6.07) is 3.69. The molecule has 6 heteroatoms. The lowest BCUT2D eigenvalue weighted by Gasteiger charge is -2.39. The third kappa shape index (κ3) is 2.17. The first kappa shape index (κ1) is 12.4. The van der Waals surface area contributed by atoms with E-state index in [1.54, 1.807) is 18.1 Å². The molecule has 2 atom stereocenters. The van der Waals surface area contributed by atoms with Crippen LogP contribution in [0.15, 0.2) is 18.3 Å². The molecule has 0 saturated carbocycles. The third-order valence-electron chi connectivity index (χ3n) is 3.67. The molecule has 0 bridgehead atoms. The van der Waals surface area contributed by atoms with Gasteiger partial charge in [-0.2, -0.15) is 0 Å². The second-order valence-corrected chi connectivity index (χ2v) is 5.08. The quantitative estimate of drug-likeness (QED) is 0.753. The van der Waals surface area contributed by atoms with Crippen LogP contribution in [0.5, 0.6) is 5.75 Å². The van der Waals surface area contributed by atoms with E-state index in [-0.39, 0.29) is 11.9 Å². The number of anilines is 1. The molecule has 3 rings (SSSR count). The van der Waals surface area contributed by atoms with Crippen LogP contribution in [0.2, 0.25) is 0 Å². The van der Waals surface area contributed by atoms with Crippen molar-refractivity contribution in [1.82, 2.24) is 15.2 Å². The van der Waals surface area contributed by atoms with E-state index < -0.39 is 6.10 Å². The molecule has 19 heavy (non-hydrogen) atoms. The van der Waals surface area contributed by atoms with E-state index in [1.807, 2.05) is 12.1 Å². The molecule has 1 aromatic rings. The first-order valence-electron chi connectivity index (χ1n) is 6.48. The highest BCUT2D eigenvalue weighted by Crippen LogP contribution is 2.31. The highest BCUT2D eigenvalue weighted by atomic mass is 16.5. The molecule has 0 spiro atoms. The van der Waals surface area contributed by atoms with Crippen LogP contribution in [0.3, 0.4) is 0 Å². The second kappa shape index (κ2) is 4.79. The topological polar surface area (TPSA) is 57.7 Å². The zero-order valence-electron chi connectivity index (χ0n) is 11.2. The molecule has 102 valence electrons. The Morgan fingerprint density at radius 2 is 2.32 bits per heavy atom. The molecule has 0 aliphatic carbocycles. The Balaban J connectivity index is 1.86. The number of nitrogens with one attached hydrogen (secondary N) is 1. The van der Waals surface area contributed by atoms with Crippen LogP contribution < -0.4 is 15.0 Å². The number of fused-ring (bicyclic) bond motifs is 1. The molecule has 2 unspecified atom stereocenters. The maximum atomic E-state index is 12.4. The van der Waals surface area contributed by atoms with Gasteiger partial charge in [-0.15, -0.1) is 0 Å². The number of piperazine rings is 1. The minimum absolute atomic E-state index is 0.0158. The number of hydrogen-bond acceptors (Lipinski definition) is 5. The zero-order valence-corrected chi connectivity index (χ0v) is 11.2. The zero-order chi connectivity index (χ0) is 13.4. The van der Waals surface area contributed by atoms with E-state index in [0.717, 1.165) is 19.6 Å². The number of pyridine rings is 1. The van der Waals surface area contributed by atoms with Crippen LogP contribution >= 0.6 is 0 Å². The van der Waals surface area contributed by atoms with Gasteiger partial charge < -0.3 is 15.0 Å². The summed E-state index contributed by atoms with van der Waals surface area (Å²) in [6.07, 6.45) is 1.18. The van der Waals surface area contributed by atoms with E-state index in [2.05, 4.69) is 22.2 Å². The number of nitrogens with zero attached hydrogens (tertiary/aromatic N) is 3. The molecule has 1 aromatic heterocycles. The van der Waals surface area contributed by atoms with E-state index >= 15 is 0 Å². The molecular formula is C13H18N4O2. The summed E-state index contributed by atoms with van der Waals surface area (Å²) in [7, 11) is 3.80. The highest BCUT2D eigenvalue weighted by Gasteiger charge is 2.39. The summed E-state index contributed by atoms with van der Waals surface area (Å²) < 4.78 is 5.86. The summed E-state index contributed by atoms with van der Waals surface area (Å²) >= 11 is 0. The largest absolute Gasteiger partial charge is 0.475 e. The van der Waals surface area contributed by atoms with Gasteiger partial charge in [0.2, 0.25) is 0 Å². The van der Waals surface area contributed by atoms with Gasteiger partial charge in [0, 0.05) is 32.9 Å².